The molecule has 2 N–H and O–H groups in total. The van der Waals surface area contributed by atoms with E-state index in [1.807, 2.05) is 60.7 Å². The van der Waals surface area contributed by atoms with Crippen molar-refractivity contribution in [3.8, 4) is 22.5 Å². The van der Waals surface area contributed by atoms with E-state index in [0.29, 0.717) is 17.0 Å². The second-order valence-corrected chi connectivity index (χ2v) is 8.89. The number of rotatable bonds is 12. The molecule has 2 aromatic heterocycles. The molecule has 0 spiro atoms. The van der Waals surface area contributed by atoms with E-state index in [1.165, 1.54) is 0 Å². The van der Waals surface area contributed by atoms with E-state index in [2.05, 4.69) is 34.4 Å². The molecular weight excluding hydrogens is 476 g/mol. The lowest BCUT2D eigenvalue weighted by molar-refractivity contribution is 0.168. The molecule has 0 unspecified atom stereocenters. The van der Waals surface area contributed by atoms with Crippen LogP contribution >= 0.6 is 0 Å². The molecule has 0 saturated carbocycles. The summed E-state index contributed by atoms with van der Waals surface area (Å²) in [5, 5.41) is 6.25. The van der Waals surface area contributed by atoms with Crippen LogP contribution in [-0.4, -0.2) is 58.7 Å². The summed E-state index contributed by atoms with van der Waals surface area (Å²) in [6.07, 6.45) is 1.54. The van der Waals surface area contributed by atoms with E-state index in [1.54, 1.807) is 13.0 Å². The van der Waals surface area contributed by atoms with Gasteiger partial charge in [0.15, 0.2) is 5.65 Å². The number of nitrogens with zero attached hydrogens (tertiary/aromatic N) is 4. The highest BCUT2D eigenvalue weighted by molar-refractivity contribution is 5.94. The van der Waals surface area contributed by atoms with Gasteiger partial charge in [-0.1, -0.05) is 74.5 Å². The molecule has 0 atom stereocenters. The molecule has 0 radical (unpaired) electrons. The topological polar surface area (TPSA) is 92.3 Å². The Labute approximate surface area is 224 Å². The Morgan fingerprint density at radius 3 is 2.08 bits per heavy atom. The van der Waals surface area contributed by atoms with Crippen LogP contribution in [0, 0.1) is 0 Å². The summed E-state index contributed by atoms with van der Waals surface area (Å²) < 4.78 is 5.07. The summed E-state index contributed by atoms with van der Waals surface area (Å²) in [6, 6.07) is 21.8. The highest BCUT2D eigenvalue weighted by atomic mass is 16.5. The van der Waals surface area contributed by atoms with Gasteiger partial charge < -0.3 is 15.0 Å². The Kier molecular flexibility index (Phi) is 9.59. The number of hydrogen-bond donors (Lipinski definition) is 2. The summed E-state index contributed by atoms with van der Waals surface area (Å²) in [5.74, 6) is 0.363. The lowest BCUT2D eigenvalue weighted by Gasteiger charge is -2.18. The molecule has 1 amide bonds. The molecule has 0 saturated heterocycles. The van der Waals surface area contributed by atoms with Gasteiger partial charge in [0.05, 0.1) is 23.7 Å². The molecule has 38 heavy (non-hydrogen) atoms. The summed E-state index contributed by atoms with van der Waals surface area (Å²) in [6.45, 7) is 10.4. The normalized spacial score (nSPS) is 11.1. The fraction of sp³-hybridized carbons (Fsp3) is 0.333. The van der Waals surface area contributed by atoms with Crippen LogP contribution in [0.2, 0.25) is 0 Å². The predicted octanol–water partition coefficient (Wildman–Crippen LogP) is 6.46. The molecule has 4 aromatic rings. The minimum Gasteiger partial charge on any atom is -0.450 e. The molecule has 198 valence electrons. The molecule has 0 aliphatic carbocycles. The van der Waals surface area contributed by atoms with E-state index < -0.39 is 6.09 Å². The van der Waals surface area contributed by atoms with Gasteiger partial charge >= 0.3 is 6.09 Å². The first-order chi connectivity index (χ1) is 18.6. The van der Waals surface area contributed by atoms with Gasteiger partial charge in [-0.3, -0.25) is 5.32 Å². The number of nitrogens with one attached hydrogen (secondary N) is 2. The van der Waals surface area contributed by atoms with Crippen LogP contribution in [0.25, 0.3) is 33.7 Å². The maximum atomic E-state index is 12.2. The van der Waals surface area contributed by atoms with Crippen molar-refractivity contribution in [1.82, 2.24) is 19.9 Å². The predicted molar refractivity (Wildman–Crippen MR) is 154 cm³/mol. The molecular formula is C30H36N6O2. The summed E-state index contributed by atoms with van der Waals surface area (Å²) >= 11 is 0. The fourth-order valence-corrected chi connectivity index (χ4v) is 4.33. The average Bonchev–Trinajstić information content (AvgIpc) is 2.95. The number of anilines is 2. The number of carbonyl (C=O) groups excluding carboxylic acids is 1. The van der Waals surface area contributed by atoms with Gasteiger partial charge in [-0.15, -0.1) is 0 Å². The zero-order valence-corrected chi connectivity index (χ0v) is 22.4. The van der Waals surface area contributed by atoms with Crippen LogP contribution in [0.5, 0.6) is 0 Å². The third kappa shape index (κ3) is 6.83. The van der Waals surface area contributed by atoms with Crippen molar-refractivity contribution in [3.05, 3.63) is 66.7 Å². The monoisotopic (exact) mass is 512 g/mol. The lowest BCUT2D eigenvalue weighted by Crippen LogP contribution is -2.24. The standard InChI is InChI=1S/C30H36N6O2/c1-4-36(5-2)20-14-13-19-31-24-21-25(33-30(37)38-6-3)32-29-28(24)34-26(22-15-9-7-10-16-22)27(35-29)23-17-11-8-12-18-23/h7-12,15-18,21H,4-6,13-14,19-20H2,1-3H3,(H2,31,32,33,35,37). The number of unbranched alkanes of at least 4 members (excludes halogenated alkanes) is 1. The Morgan fingerprint density at radius 2 is 1.47 bits per heavy atom. The second-order valence-electron chi connectivity index (χ2n) is 8.89. The van der Waals surface area contributed by atoms with E-state index >= 15 is 0 Å². The number of benzene rings is 2. The number of fused-ring (bicyclic) bond motifs is 1. The lowest BCUT2D eigenvalue weighted by atomic mass is 10.0. The van der Waals surface area contributed by atoms with Crippen molar-refractivity contribution in [2.45, 2.75) is 33.6 Å². The minimum atomic E-state index is -0.554. The van der Waals surface area contributed by atoms with Crippen molar-refractivity contribution >= 4 is 28.8 Å². The Bertz CT molecular complexity index is 1330. The molecule has 0 bridgehead atoms. The Morgan fingerprint density at radius 1 is 0.842 bits per heavy atom. The van der Waals surface area contributed by atoms with Gasteiger partial charge in [0.25, 0.3) is 0 Å². The molecule has 8 nitrogen and oxygen atoms in total. The second kappa shape index (κ2) is 13.5. The Balaban J connectivity index is 1.74. The third-order valence-corrected chi connectivity index (χ3v) is 6.35. The zero-order chi connectivity index (χ0) is 26.7. The van der Waals surface area contributed by atoms with Crippen molar-refractivity contribution in [2.24, 2.45) is 0 Å². The summed E-state index contributed by atoms with van der Waals surface area (Å²) in [5.41, 5.74) is 5.30. The number of hydrogen-bond acceptors (Lipinski definition) is 7. The molecule has 2 aromatic carbocycles. The first-order valence-electron chi connectivity index (χ1n) is 13.4. The van der Waals surface area contributed by atoms with E-state index in [-0.39, 0.29) is 6.61 Å². The zero-order valence-electron chi connectivity index (χ0n) is 22.4. The van der Waals surface area contributed by atoms with Gasteiger partial charge in [-0.25, -0.2) is 19.7 Å². The highest BCUT2D eigenvalue weighted by Crippen LogP contribution is 2.33. The first kappa shape index (κ1) is 27.0. The number of amides is 1. The molecule has 4 rings (SSSR count). The quantitative estimate of drug-likeness (QED) is 0.210. The number of carbonyl (C=O) groups is 1. The van der Waals surface area contributed by atoms with E-state index in [4.69, 9.17) is 14.7 Å². The molecule has 0 fully saturated rings. The molecule has 0 aliphatic rings. The van der Waals surface area contributed by atoms with Crippen LogP contribution in [0.4, 0.5) is 16.3 Å². The Hall–Kier alpha value is -4.04. The van der Waals surface area contributed by atoms with Crippen LogP contribution in [0.15, 0.2) is 66.7 Å². The SMILES string of the molecule is CCOC(=O)Nc1cc(NCCCCN(CC)CC)c2nc(-c3ccccc3)c(-c3ccccc3)nc2n1. The van der Waals surface area contributed by atoms with Gasteiger partial charge in [-0.05, 0) is 39.4 Å². The van der Waals surface area contributed by atoms with Crippen molar-refractivity contribution in [3.63, 3.8) is 0 Å². The first-order valence-corrected chi connectivity index (χ1v) is 13.4. The average molecular weight is 513 g/mol. The van der Waals surface area contributed by atoms with Gasteiger partial charge in [0.1, 0.15) is 11.3 Å². The van der Waals surface area contributed by atoms with Crippen molar-refractivity contribution in [1.29, 1.82) is 0 Å². The minimum absolute atomic E-state index is 0.273. The van der Waals surface area contributed by atoms with E-state index in [9.17, 15) is 4.79 Å². The molecule has 2 heterocycles. The molecule has 8 heteroatoms. The third-order valence-electron chi connectivity index (χ3n) is 6.35. The van der Waals surface area contributed by atoms with Crippen molar-refractivity contribution in [2.75, 3.05) is 43.4 Å². The number of ether oxygens (including phenoxy) is 1. The summed E-state index contributed by atoms with van der Waals surface area (Å²) in [4.78, 5) is 29.3. The van der Waals surface area contributed by atoms with Crippen LogP contribution in [0.1, 0.15) is 33.6 Å². The maximum absolute atomic E-state index is 12.2. The smallest absolute Gasteiger partial charge is 0.412 e. The maximum Gasteiger partial charge on any atom is 0.412 e. The number of aromatic nitrogens is 3. The van der Waals surface area contributed by atoms with Gasteiger partial charge in [0, 0.05) is 23.7 Å². The summed E-state index contributed by atoms with van der Waals surface area (Å²) in [7, 11) is 0. The highest BCUT2D eigenvalue weighted by Gasteiger charge is 2.18. The fourth-order valence-electron chi connectivity index (χ4n) is 4.33. The van der Waals surface area contributed by atoms with Gasteiger partial charge in [0.2, 0.25) is 0 Å². The largest absolute Gasteiger partial charge is 0.450 e. The van der Waals surface area contributed by atoms with Crippen LogP contribution in [-0.2, 0) is 4.74 Å². The van der Waals surface area contributed by atoms with E-state index in [0.717, 1.165) is 67.2 Å². The van der Waals surface area contributed by atoms with Crippen molar-refractivity contribution < 1.29 is 9.53 Å². The number of pyridine rings is 1. The van der Waals surface area contributed by atoms with Crippen LogP contribution in [0.3, 0.4) is 0 Å². The molecule has 0 aliphatic heterocycles. The van der Waals surface area contributed by atoms with Gasteiger partial charge in [-0.2, -0.15) is 0 Å². The van der Waals surface area contributed by atoms with Crippen LogP contribution < -0.4 is 10.6 Å².